The maximum Gasteiger partial charge on any atom is 0.308 e. The topological polar surface area (TPSA) is 81.1 Å². The van der Waals surface area contributed by atoms with Crippen molar-refractivity contribution in [3.05, 3.63) is 72.1 Å². The van der Waals surface area contributed by atoms with Gasteiger partial charge in [0.05, 0.1) is 5.56 Å². The number of fused-ring (bicyclic) bond motifs is 1. The van der Waals surface area contributed by atoms with E-state index in [1.165, 1.54) is 18.9 Å². The van der Waals surface area contributed by atoms with Crippen molar-refractivity contribution in [3.8, 4) is 5.75 Å². The van der Waals surface area contributed by atoms with Crippen molar-refractivity contribution < 1.29 is 19.1 Å². The number of ether oxygens (including phenoxy) is 2. The first-order valence-corrected chi connectivity index (χ1v) is 9.09. The highest BCUT2D eigenvalue weighted by molar-refractivity contribution is 6.03. The van der Waals surface area contributed by atoms with E-state index in [2.05, 4.69) is 10.1 Å². The quantitative estimate of drug-likeness (QED) is 0.505. The van der Waals surface area contributed by atoms with Gasteiger partial charge in [0.2, 0.25) is 17.5 Å². The lowest BCUT2D eigenvalue weighted by Gasteiger charge is -2.30. The summed E-state index contributed by atoms with van der Waals surface area (Å²) in [6.45, 7) is 4.51. The van der Waals surface area contributed by atoms with Gasteiger partial charge in [-0.15, -0.1) is 5.10 Å². The summed E-state index contributed by atoms with van der Waals surface area (Å²) in [5.74, 6) is -0.228. The number of carbonyl (C=O) groups excluding carboxylic acids is 2. The molecule has 1 aromatic heterocycles. The Balaban J connectivity index is 1.86. The molecule has 146 valence electrons. The molecule has 0 saturated heterocycles. The first-order chi connectivity index (χ1) is 13.9. The van der Waals surface area contributed by atoms with Gasteiger partial charge in [0.15, 0.2) is 0 Å². The monoisotopic (exact) mass is 389 g/mol. The Hall–Kier alpha value is -3.74. The molecule has 4 rings (SSSR count). The summed E-state index contributed by atoms with van der Waals surface area (Å²) in [6, 6.07) is 14.8. The Morgan fingerprint density at radius 2 is 1.69 bits per heavy atom. The summed E-state index contributed by atoms with van der Waals surface area (Å²) in [5.41, 5.74) is 0.0580. The van der Waals surface area contributed by atoms with E-state index < -0.39 is 11.7 Å². The lowest BCUT2D eigenvalue weighted by Crippen LogP contribution is -2.41. The van der Waals surface area contributed by atoms with E-state index in [4.69, 9.17) is 9.47 Å². The van der Waals surface area contributed by atoms with Crippen molar-refractivity contribution in [2.75, 3.05) is 0 Å². The third-order valence-corrected chi connectivity index (χ3v) is 4.74. The fraction of sp³-hybridized carbons (Fsp3) is 0.182. The van der Waals surface area contributed by atoms with Crippen LogP contribution in [0.15, 0.2) is 66.0 Å². The highest BCUT2D eigenvalue weighted by Crippen LogP contribution is 2.38. The second kappa shape index (κ2) is 7.01. The lowest BCUT2D eigenvalue weighted by atomic mass is 10.0. The van der Waals surface area contributed by atoms with E-state index in [1.807, 2.05) is 30.3 Å². The predicted octanol–water partition coefficient (Wildman–Crippen LogP) is 3.57. The van der Waals surface area contributed by atoms with Gasteiger partial charge in [0, 0.05) is 38.7 Å². The first-order valence-electron chi connectivity index (χ1n) is 9.09. The molecule has 0 bridgehead atoms. The van der Waals surface area contributed by atoms with Crippen LogP contribution >= 0.6 is 0 Å². The van der Waals surface area contributed by atoms with Crippen LogP contribution in [0.3, 0.4) is 0 Å². The zero-order valence-electron chi connectivity index (χ0n) is 16.2. The number of pyridine rings is 1. The number of hydrazone groups is 1. The molecular weight excluding hydrogens is 370 g/mol. The van der Waals surface area contributed by atoms with E-state index in [-0.39, 0.29) is 11.8 Å². The Kier molecular flexibility index (Phi) is 4.50. The second-order valence-electron chi connectivity index (χ2n) is 6.85. The fourth-order valence-electron chi connectivity index (χ4n) is 3.39. The summed E-state index contributed by atoms with van der Waals surface area (Å²) in [6.07, 6.45) is 3.25. The maximum atomic E-state index is 12.3. The highest BCUT2D eigenvalue weighted by Gasteiger charge is 2.45. The van der Waals surface area contributed by atoms with Gasteiger partial charge >= 0.3 is 5.97 Å². The van der Waals surface area contributed by atoms with Crippen molar-refractivity contribution in [2.45, 2.75) is 26.5 Å². The number of aromatic nitrogens is 1. The van der Waals surface area contributed by atoms with Crippen LogP contribution in [-0.4, -0.2) is 27.8 Å². The number of hydrogen-bond acceptors (Lipinski definition) is 6. The van der Waals surface area contributed by atoms with Crippen molar-refractivity contribution >= 4 is 28.5 Å². The zero-order valence-corrected chi connectivity index (χ0v) is 16.2. The molecule has 0 radical (unpaired) electrons. The van der Waals surface area contributed by atoms with Crippen LogP contribution in [0.4, 0.5) is 0 Å². The van der Waals surface area contributed by atoms with Crippen molar-refractivity contribution in [1.29, 1.82) is 0 Å². The number of rotatable bonds is 3. The standard InChI is InChI=1S/C22H19N3O4/c1-14(26)25-22(3,18-8-10-23-11-9-18)29-21(24-25)19-12-16-6-4-5-7-17(16)13-20(19)28-15(2)27/h4-13H,1-3H3. The summed E-state index contributed by atoms with van der Waals surface area (Å²) >= 11 is 0. The van der Waals surface area contributed by atoms with E-state index in [1.54, 1.807) is 37.5 Å². The van der Waals surface area contributed by atoms with Crippen molar-refractivity contribution in [3.63, 3.8) is 0 Å². The molecule has 1 amide bonds. The Morgan fingerprint density at radius 3 is 2.31 bits per heavy atom. The van der Waals surface area contributed by atoms with Gasteiger partial charge in [-0.05, 0) is 35.0 Å². The summed E-state index contributed by atoms with van der Waals surface area (Å²) in [7, 11) is 0. The van der Waals surface area contributed by atoms with Gasteiger partial charge in [-0.2, -0.15) is 5.01 Å². The zero-order chi connectivity index (χ0) is 20.6. The number of hydrogen-bond donors (Lipinski definition) is 0. The van der Waals surface area contributed by atoms with Crippen LogP contribution < -0.4 is 4.74 Å². The average molecular weight is 389 g/mol. The fourth-order valence-corrected chi connectivity index (χ4v) is 3.39. The minimum absolute atomic E-state index is 0.196. The molecule has 0 spiro atoms. The minimum atomic E-state index is -1.15. The number of esters is 1. The molecule has 1 atom stereocenters. The van der Waals surface area contributed by atoms with Crippen molar-refractivity contribution in [2.24, 2.45) is 5.10 Å². The Bertz CT molecular complexity index is 1140. The van der Waals surface area contributed by atoms with Crippen LogP contribution in [0, 0.1) is 0 Å². The molecule has 2 heterocycles. The molecule has 0 aliphatic carbocycles. The second-order valence-corrected chi connectivity index (χ2v) is 6.85. The maximum absolute atomic E-state index is 12.3. The number of amides is 1. The SMILES string of the molecule is CC(=O)Oc1cc2ccccc2cc1C1=NN(C(C)=O)C(C)(c2ccncc2)O1. The molecule has 7 nitrogen and oxygen atoms in total. The third-order valence-electron chi connectivity index (χ3n) is 4.74. The molecule has 1 aliphatic heterocycles. The molecule has 7 heteroatoms. The van der Waals surface area contributed by atoms with Gasteiger partial charge in [0.25, 0.3) is 0 Å². The molecule has 0 saturated carbocycles. The number of benzene rings is 2. The third kappa shape index (κ3) is 3.31. The minimum Gasteiger partial charge on any atom is -0.443 e. The number of carbonyl (C=O) groups is 2. The van der Waals surface area contributed by atoms with Crippen LogP contribution in [0.2, 0.25) is 0 Å². The summed E-state index contributed by atoms with van der Waals surface area (Å²) < 4.78 is 11.6. The molecule has 1 aliphatic rings. The van der Waals surface area contributed by atoms with E-state index >= 15 is 0 Å². The van der Waals surface area contributed by atoms with Crippen LogP contribution in [0.25, 0.3) is 10.8 Å². The van der Waals surface area contributed by atoms with E-state index in [9.17, 15) is 9.59 Å². The molecule has 0 fully saturated rings. The Morgan fingerprint density at radius 1 is 1.03 bits per heavy atom. The van der Waals surface area contributed by atoms with Gasteiger partial charge in [-0.1, -0.05) is 24.3 Å². The van der Waals surface area contributed by atoms with Gasteiger partial charge in [0.1, 0.15) is 5.75 Å². The molecular formula is C22H19N3O4. The molecule has 3 aromatic rings. The van der Waals surface area contributed by atoms with Crippen molar-refractivity contribution in [1.82, 2.24) is 9.99 Å². The molecule has 29 heavy (non-hydrogen) atoms. The highest BCUT2D eigenvalue weighted by atomic mass is 16.6. The molecule has 2 aromatic carbocycles. The normalized spacial score (nSPS) is 18.3. The lowest BCUT2D eigenvalue weighted by molar-refractivity contribution is -0.146. The predicted molar refractivity (Wildman–Crippen MR) is 107 cm³/mol. The Labute approximate surface area is 167 Å². The average Bonchev–Trinajstić information content (AvgIpc) is 3.07. The van der Waals surface area contributed by atoms with Crippen LogP contribution in [-0.2, 0) is 20.1 Å². The smallest absolute Gasteiger partial charge is 0.308 e. The summed E-state index contributed by atoms with van der Waals surface area (Å²) in [5, 5.41) is 7.55. The van der Waals surface area contributed by atoms with Crippen LogP contribution in [0.1, 0.15) is 31.9 Å². The van der Waals surface area contributed by atoms with Gasteiger partial charge in [-0.25, -0.2) is 0 Å². The molecule has 0 N–H and O–H groups in total. The molecule has 1 unspecified atom stereocenters. The van der Waals surface area contributed by atoms with E-state index in [0.29, 0.717) is 11.3 Å². The first kappa shape index (κ1) is 18.6. The van der Waals surface area contributed by atoms with E-state index in [0.717, 1.165) is 16.3 Å². The summed E-state index contributed by atoms with van der Waals surface area (Å²) in [4.78, 5) is 28.0. The van der Waals surface area contributed by atoms with Gasteiger partial charge < -0.3 is 9.47 Å². The van der Waals surface area contributed by atoms with Gasteiger partial charge in [-0.3, -0.25) is 14.6 Å². The largest absolute Gasteiger partial charge is 0.443 e. The number of nitrogens with zero attached hydrogens (tertiary/aromatic N) is 3. The van der Waals surface area contributed by atoms with Crippen LogP contribution in [0.5, 0.6) is 5.75 Å².